The van der Waals surface area contributed by atoms with E-state index in [4.69, 9.17) is 0 Å². The first kappa shape index (κ1) is 17.8. The monoisotopic (exact) mass is 300 g/mol. The third-order valence-corrected chi connectivity index (χ3v) is 3.08. The number of unbranched alkanes of at least 4 members (excludes halogenated alkanes) is 1. The molecule has 0 saturated heterocycles. The number of carbonyl (C=O) groups excluding carboxylic acids is 2. The molecule has 0 bridgehead atoms. The van der Waals surface area contributed by atoms with Crippen LogP contribution in [0.2, 0.25) is 0 Å². The molecule has 4 nitrogen and oxygen atoms in total. The number of carbonyl (C=O) groups is 2. The minimum Gasteiger partial charge on any atom is -0.352 e. The summed E-state index contributed by atoms with van der Waals surface area (Å²) in [5.41, 5.74) is 1.45. The van der Waals surface area contributed by atoms with Gasteiger partial charge in [0, 0.05) is 44.6 Å². The van der Waals surface area contributed by atoms with Crippen LogP contribution in [0.5, 0.6) is 0 Å². The summed E-state index contributed by atoms with van der Waals surface area (Å²) in [7, 11) is 3.51. The predicted molar refractivity (Wildman–Crippen MR) is 88.5 cm³/mol. The van der Waals surface area contributed by atoms with Gasteiger partial charge in [-0.1, -0.05) is 24.8 Å². The van der Waals surface area contributed by atoms with E-state index in [0.29, 0.717) is 24.9 Å². The number of nitrogens with zero attached hydrogens (tertiary/aromatic N) is 1. The van der Waals surface area contributed by atoms with Crippen LogP contribution in [-0.4, -0.2) is 37.4 Å². The number of nitrogens with one attached hydrogen (secondary N) is 1. The largest absolute Gasteiger partial charge is 0.352 e. The summed E-state index contributed by atoms with van der Waals surface area (Å²) >= 11 is 0. The molecule has 1 N–H and O–H groups in total. The summed E-state index contributed by atoms with van der Waals surface area (Å²) in [5, 5.41) is 2.85. The number of benzene rings is 1. The van der Waals surface area contributed by atoms with Gasteiger partial charge in [-0.25, -0.2) is 0 Å². The minimum absolute atomic E-state index is 0.0675. The van der Waals surface area contributed by atoms with E-state index < -0.39 is 0 Å². The molecular weight excluding hydrogens is 276 g/mol. The van der Waals surface area contributed by atoms with Crippen LogP contribution < -0.4 is 5.32 Å². The second-order valence-corrected chi connectivity index (χ2v) is 5.28. The quantitative estimate of drug-likeness (QED) is 0.648. The fourth-order valence-electron chi connectivity index (χ4n) is 1.79. The predicted octanol–water partition coefficient (Wildman–Crippen LogP) is 2.44. The molecule has 0 aliphatic heterocycles. The standard InChI is InChI=1S/C18H24N2O2/c1-4-13-19-18(22)16-11-8-10-15(14-16)9-6-5-7-12-17(21)20(2)3/h8,10-11,14H,4-5,7,12-13H2,1-3H3,(H,19,22). The molecule has 0 spiro atoms. The molecule has 0 saturated carbocycles. The SMILES string of the molecule is CCCNC(=O)c1cccc(C#CCCCC(=O)N(C)C)c1. The molecule has 1 rings (SSSR count). The highest BCUT2D eigenvalue weighted by Gasteiger charge is 2.04. The highest BCUT2D eigenvalue weighted by molar-refractivity contribution is 5.94. The maximum Gasteiger partial charge on any atom is 0.251 e. The summed E-state index contributed by atoms with van der Waals surface area (Å²) < 4.78 is 0. The van der Waals surface area contributed by atoms with Gasteiger partial charge in [0.05, 0.1) is 0 Å². The van der Waals surface area contributed by atoms with Crippen molar-refractivity contribution in [1.82, 2.24) is 10.2 Å². The van der Waals surface area contributed by atoms with Gasteiger partial charge in [0.15, 0.2) is 0 Å². The Morgan fingerprint density at radius 3 is 2.73 bits per heavy atom. The molecule has 0 aliphatic carbocycles. The van der Waals surface area contributed by atoms with E-state index in [2.05, 4.69) is 17.2 Å². The first-order chi connectivity index (χ1) is 10.5. The fraction of sp³-hybridized carbons (Fsp3) is 0.444. The molecule has 0 fully saturated rings. The van der Waals surface area contributed by atoms with Crippen LogP contribution in [0.3, 0.4) is 0 Å². The Bertz CT molecular complexity index is 568. The number of amides is 2. The molecule has 0 unspecified atom stereocenters. The minimum atomic E-state index is -0.0675. The summed E-state index contributed by atoms with van der Waals surface area (Å²) in [6.07, 6.45) is 2.85. The molecule has 118 valence electrons. The second kappa shape index (κ2) is 9.62. The zero-order valence-electron chi connectivity index (χ0n) is 13.6. The van der Waals surface area contributed by atoms with Crippen molar-refractivity contribution in [3.63, 3.8) is 0 Å². The van der Waals surface area contributed by atoms with Gasteiger partial charge in [-0.2, -0.15) is 0 Å². The van der Waals surface area contributed by atoms with Gasteiger partial charge in [-0.3, -0.25) is 9.59 Å². The van der Waals surface area contributed by atoms with Crippen LogP contribution in [0, 0.1) is 11.8 Å². The smallest absolute Gasteiger partial charge is 0.251 e. The molecule has 1 aromatic rings. The average Bonchev–Trinajstić information content (AvgIpc) is 2.52. The van der Waals surface area contributed by atoms with Crippen LogP contribution in [0.15, 0.2) is 24.3 Å². The number of hydrogen-bond acceptors (Lipinski definition) is 2. The zero-order chi connectivity index (χ0) is 16.4. The van der Waals surface area contributed by atoms with Gasteiger partial charge in [0.1, 0.15) is 0 Å². The van der Waals surface area contributed by atoms with Crippen LogP contribution in [0.1, 0.15) is 48.5 Å². The molecule has 22 heavy (non-hydrogen) atoms. The van der Waals surface area contributed by atoms with Crippen LogP contribution in [0.25, 0.3) is 0 Å². The topological polar surface area (TPSA) is 49.4 Å². The Hall–Kier alpha value is -2.28. The Morgan fingerprint density at radius 2 is 2.05 bits per heavy atom. The summed E-state index contributed by atoms with van der Waals surface area (Å²) in [6, 6.07) is 7.30. The summed E-state index contributed by atoms with van der Waals surface area (Å²) in [4.78, 5) is 24.9. The highest BCUT2D eigenvalue weighted by atomic mass is 16.2. The summed E-state index contributed by atoms with van der Waals surface area (Å²) in [5.74, 6) is 6.15. The lowest BCUT2D eigenvalue weighted by atomic mass is 10.1. The average molecular weight is 300 g/mol. The van der Waals surface area contributed by atoms with E-state index in [1.165, 1.54) is 0 Å². The number of rotatable bonds is 6. The molecule has 0 radical (unpaired) electrons. The zero-order valence-corrected chi connectivity index (χ0v) is 13.6. The maximum atomic E-state index is 11.9. The van der Waals surface area contributed by atoms with Crippen LogP contribution in [-0.2, 0) is 4.79 Å². The van der Waals surface area contributed by atoms with Crippen LogP contribution >= 0.6 is 0 Å². The Kier molecular flexibility index (Phi) is 7.77. The van der Waals surface area contributed by atoms with Crippen molar-refractivity contribution in [1.29, 1.82) is 0 Å². The van der Waals surface area contributed by atoms with E-state index in [0.717, 1.165) is 18.4 Å². The van der Waals surface area contributed by atoms with Gasteiger partial charge >= 0.3 is 0 Å². The van der Waals surface area contributed by atoms with Crippen molar-refractivity contribution < 1.29 is 9.59 Å². The number of hydrogen-bond donors (Lipinski definition) is 1. The van der Waals surface area contributed by atoms with Gasteiger partial charge in [-0.05, 0) is 31.0 Å². The molecule has 0 aliphatic rings. The molecule has 1 aromatic carbocycles. The first-order valence-corrected chi connectivity index (χ1v) is 7.62. The lowest BCUT2D eigenvalue weighted by Crippen LogP contribution is -2.23. The maximum absolute atomic E-state index is 11.9. The summed E-state index contributed by atoms with van der Waals surface area (Å²) in [6.45, 7) is 2.69. The van der Waals surface area contributed by atoms with E-state index in [-0.39, 0.29) is 11.8 Å². The third kappa shape index (κ3) is 6.45. The van der Waals surface area contributed by atoms with Gasteiger partial charge in [0.2, 0.25) is 5.91 Å². The molecule has 0 heterocycles. The van der Waals surface area contributed by atoms with Crippen molar-refractivity contribution in [3.05, 3.63) is 35.4 Å². The Morgan fingerprint density at radius 1 is 1.27 bits per heavy atom. The normalized spacial score (nSPS) is 9.59. The van der Waals surface area contributed by atoms with Crippen molar-refractivity contribution in [3.8, 4) is 11.8 Å². The van der Waals surface area contributed by atoms with Crippen LogP contribution in [0.4, 0.5) is 0 Å². The molecule has 0 aromatic heterocycles. The van der Waals surface area contributed by atoms with E-state index in [9.17, 15) is 9.59 Å². The van der Waals surface area contributed by atoms with Gasteiger partial charge in [-0.15, -0.1) is 0 Å². The highest BCUT2D eigenvalue weighted by Crippen LogP contribution is 2.05. The molecule has 2 amide bonds. The fourth-order valence-corrected chi connectivity index (χ4v) is 1.79. The van der Waals surface area contributed by atoms with E-state index in [1.807, 2.05) is 19.1 Å². The van der Waals surface area contributed by atoms with Crippen molar-refractivity contribution >= 4 is 11.8 Å². The molecule has 0 atom stereocenters. The second-order valence-electron chi connectivity index (χ2n) is 5.28. The first-order valence-electron chi connectivity index (χ1n) is 7.62. The van der Waals surface area contributed by atoms with E-state index >= 15 is 0 Å². The van der Waals surface area contributed by atoms with Crippen molar-refractivity contribution in [2.24, 2.45) is 0 Å². The lowest BCUT2D eigenvalue weighted by molar-refractivity contribution is -0.128. The Balaban J connectivity index is 2.51. The molecular formula is C18H24N2O2. The lowest BCUT2D eigenvalue weighted by Gasteiger charge is -2.08. The molecule has 4 heteroatoms. The van der Waals surface area contributed by atoms with Crippen molar-refractivity contribution in [2.45, 2.75) is 32.6 Å². The van der Waals surface area contributed by atoms with Gasteiger partial charge < -0.3 is 10.2 Å². The third-order valence-electron chi connectivity index (χ3n) is 3.08. The van der Waals surface area contributed by atoms with E-state index in [1.54, 1.807) is 31.1 Å². The van der Waals surface area contributed by atoms with Crippen molar-refractivity contribution in [2.75, 3.05) is 20.6 Å². The van der Waals surface area contributed by atoms with Gasteiger partial charge in [0.25, 0.3) is 5.91 Å². The Labute approximate surface area is 132 Å².